The van der Waals surface area contributed by atoms with Crippen molar-refractivity contribution in [3.8, 4) is 0 Å². The Hall–Kier alpha value is -4.48. The predicted molar refractivity (Wildman–Crippen MR) is 160 cm³/mol. The average molecular weight is 588 g/mol. The van der Waals surface area contributed by atoms with Gasteiger partial charge in [0.2, 0.25) is 5.91 Å². The molecular weight excluding hydrogens is 554 g/mol. The van der Waals surface area contributed by atoms with Crippen molar-refractivity contribution >= 4 is 44.3 Å². The summed E-state index contributed by atoms with van der Waals surface area (Å²) in [4.78, 5) is 42.7. The van der Waals surface area contributed by atoms with E-state index >= 15 is 0 Å². The first kappa shape index (κ1) is 29.0. The van der Waals surface area contributed by atoms with Crippen LogP contribution in [0.3, 0.4) is 0 Å². The molecule has 1 aromatic heterocycles. The van der Waals surface area contributed by atoms with Crippen LogP contribution < -0.4 is 15.6 Å². The molecule has 0 spiro atoms. The highest BCUT2D eigenvalue weighted by Gasteiger charge is 2.45. The van der Waals surface area contributed by atoms with Crippen LogP contribution in [0.15, 0.2) is 83.9 Å². The van der Waals surface area contributed by atoms with Crippen LogP contribution in [0.5, 0.6) is 0 Å². The van der Waals surface area contributed by atoms with Gasteiger partial charge in [0.25, 0.3) is 21.8 Å². The largest absolute Gasteiger partial charge is 0.350 e. The second kappa shape index (κ2) is 11.4. The molecule has 4 aromatic rings. The fourth-order valence-corrected chi connectivity index (χ4v) is 6.39. The van der Waals surface area contributed by atoms with E-state index < -0.39 is 28.0 Å². The van der Waals surface area contributed by atoms with Crippen LogP contribution >= 0.6 is 0 Å². The number of hydrogen-bond donors (Lipinski definition) is 3. The standard InChI is InChI=1S/C31H33N5O5S/c1-19(2)17-28(30(38)33-34-42(40,41)22-15-13-21(14-16-22)32-20(3)37)36-29(24-10-5-6-11-25(24)31(36)39)26-18-35(4)27-12-8-7-9-23(26)27/h5-16,18-19,28-29,34H,17H2,1-4H3,(H,32,37)(H,33,38). The van der Waals surface area contributed by atoms with Crippen LogP contribution in [0.25, 0.3) is 10.9 Å². The van der Waals surface area contributed by atoms with Crippen molar-refractivity contribution < 1.29 is 22.8 Å². The van der Waals surface area contributed by atoms with Crippen molar-refractivity contribution in [2.45, 2.75) is 44.2 Å². The van der Waals surface area contributed by atoms with Crippen LogP contribution in [-0.4, -0.2) is 41.6 Å². The van der Waals surface area contributed by atoms with Crippen molar-refractivity contribution in [1.29, 1.82) is 0 Å². The first-order valence-electron chi connectivity index (χ1n) is 13.6. The Labute approximate surface area is 244 Å². The molecule has 0 saturated heterocycles. The predicted octanol–water partition coefficient (Wildman–Crippen LogP) is 4.11. The number of nitrogens with zero attached hydrogens (tertiary/aromatic N) is 2. The van der Waals surface area contributed by atoms with Crippen molar-refractivity contribution in [2.75, 3.05) is 5.32 Å². The Kier molecular flexibility index (Phi) is 7.89. The summed E-state index contributed by atoms with van der Waals surface area (Å²) < 4.78 is 28.0. The number of nitrogens with one attached hydrogen (secondary N) is 3. The van der Waals surface area contributed by atoms with Gasteiger partial charge in [-0.05, 0) is 54.3 Å². The van der Waals surface area contributed by atoms with E-state index in [1.54, 1.807) is 17.0 Å². The molecule has 11 heteroatoms. The highest BCUT2D eigenvalue weighted by atomic mass is 32.2. The molecule has 0 bridgehead atoms. The number of hydrazine groups is 1. The van der Waals surface area contributed by atoms with Crippen molar-refractivity contribution in [2.24, 2.45) is 13.0 Å². The van der Waals surface area contributed by atoms with E-state index in [-0.39, 0.29) is 22.6 Å². The number of amides is 3. The summed E-state index contributed by atoms with van der Waals surface area (Å²) in [5, 5.41) is 3.54. The van der Waals surface area contributed by atoms with E-state index in [1.807, 2.05) is 68.1 Å². The molecule has 3 aromatic carbocycles. The second-order valence-electron chi connectivity index (χ2n) is 10.9. The van der Waals surface area contributed by atoms with E-state index in [9.17, 15) is 22.8 Å². The number of carbonyl (C=O) groups excluding carboxylic acids is 3. The van der Waals surface area contributed by atoms with E-state index in [4.69, 9.17) is 0 Å². The number of rotatable bonds is 9. The van der Waals surface area contributed by atoms with Crippen molar-refractivity contribution in [3.05, 3.63) is 95.7 Å². The van der Waals surface area contributed by atoms with Crippen LogP contribution in [0.4, 0.5) is 5.69 Å². The van der Waals surface area contributed by atoms with Gasteiger partial charge in [0.15, 0.2) is 0 Å². The number of benzene rings is 3. The number of aryl methyl sites for hydroxylation is 1. The second-order valence-corrected chi connectivity index (χ2v) is 12.5. The van der Waals surface area contributed by atoms with E-state index in [0.29, 0.717) is 17.7 Å². The number of anilines is 1. The summed E-state index contributed by atoms with van der Waals surface area (Å²) in [6.07, 6.45) is 2.29. The van der Waals surface area contributed by atoms with Crippen LogP contribution in [0, 0.1) is 5.92 Å². The summed E-state index contributed by atoms with van der Waals surface area (Å²) in [6.45, 7) is 5.24. The third-order valence-electron chi connectivity index (χ3n) is 7.35. The van der Waals surface area contributed by atoms with Gasteiger partial charge in [0.1, 0.15) is 6.04 Å². The lowest BCUT2D eigenvalue weighted by molar-refractivity contribution is -0.127. The number of carbonyl (C=O) groups is 3. The molecule has 3 N–H and O–H groups in total. The maximum absolute atomic E-state index is 14.0. The first-order valence-corrected chi connectivity index (χ1v) is 15.1. The number of aromatic nitrogens is 1. The molecule has 0 aliphatic carbocycles. The quantitative estimate of drug-likeness (QED) is 0.254. The third-order valence-corrected chi connectivity index (χ3v) is 8.61. The Morgan fingerprint density at radius 1 is 0.929 bits per heavy atom. The Morgan fingerprint density at radius 3 is 2.29 bits per heavy atom. The molecule has 3 amide bonds. The number of sulfonamides is 1. The SMILES string of the molecule is CC(=O)Nc1ccc(S(=O)(=O)NNC(=O)C(CC(C)C)N2C(=O)c3ccccc3C2c2cn(C)c3ccccc23)cc1. The van der Waals surface area contributed by atoms with Gasteiger partial charge < -0.3 is 14.8 Å². The fraction of sp³-hybridized carbons (Fsp3) is 0.258. The molecular formula is C31H33N5O5S. The van der Waals surface area contributed by atoms with Crippen LogP contribution in [0.2, 0.25) is 0 Å². The Bertz CT molecular complexity index is 1780. The molecule has 42 heavy (non-hydrogen) atoms. The van der Waals surface area contributed by atoms with Crippen molar-refractivity contribution in [1.82, 2.24) is 19.7 Å². The molecule has 0 fully saturated rings. The molecule has 2 atom stereocenters. The zero-order valence-corrected chi connectivity index (χ0v) is 24.6. The molecule has 2 unspecified atom stereocenters. The lowest BCUT2D eigenvalue weighted by atomic mass is 9.95. The maximum Gasteiger partial charge on any atom is 0.257 e. The van der Waals surface area contributed by atoms with Crippen LogP contribution in [0.1, 0.15) is 54.7 Å². The number of hydrogen-bond acceptors (Lipinski definition) is 5. The summed E-state index contributed by atoms with van der Waals surface area (Å²) in [7, 11) is -2.21. The van der Waals surface area contributed by atoms with E-state index in [0.717, 1.165) is 22.0 Å². The Morgan fingerprint density at radius 2 is 1.60 bits per heavy atom. The minimum absolute atomic E-state index is 0.0170. The van der Waals surface area contributed by atoms with Crippen molar-refractivity contribution in [3.63, 3.8) is 0 Å². The molecule has 2 heterocycles. The summed E-state index contributed by atoms with van der Waals surface area (Å²) in [6, 6.07) is 19.2. The van der Waals surface area contributed by atoms with Gasteiger partial charge in [-0.2, -0.15) is 0 Å². The summed E-state index contributed by atoms with van der Waals surface area (Å²) in [5.41, 5.74) is 5.98. The molecule has 218 valence electrons. The normalized spacial score (nSPS) is 15.6. The smallest absolute Gasteiger partial charge is 0.257 e. The highest BCUT2D eigenvalue weighted by Crippen LogP contribution is 2.43. The van der Waals surface area contributed by atoms with Gasteiger partial charge in [-0.1, -0.05) is 50.2 Å². The number of fused-ring (bicyclic) bond motifs is 2. The summed E-state index contributed by atoms with van der Waals surface area (Å²) >= 11 is 0. The Balaban J connectivity index is 1.48. The van der Waals surface area contributed by atoms with Gasteiger partial charge >= 0.3 is 0 Å². The topological polar surface area (TPSA) is 130 Å². The minimum Gasteiger partial charge on any atom is -0.350 e. The molecule has 0 saturated carbocycles. The van der Waals surface area contributed by atoms with E-state index in [2.05, 4.69) is 15.6 Å². The van der Waals surface area contributed by atoms with Gasteiger partial charge in [-0.3, -0.25) is 19.8 Å². The zero-order chi connectivity index (χ0) is 30.2. The molecule has 10 nitrogen and oxygen atoms in total. The van der Waals surface area contributed by atoms with E-state index in [1.165, 1.54) is 31.2 Å². The fourth-order valence-electron chi connectivity index (χ4n) is 5.54. The maximum atomic E-state index is 14.0. The molecule has 1 aliphatic rings. The lowest BCUT2D eigenvalue weighted by Crippen LogP contribution is -2.53. The van der Waals surface area contributed by atoms with Crippen LogP contribution in [-0.2, 0) is 26.7 Å². The van der Waals surface area contributed by atoms with Gasteiger partial charge in [-0.15, -0.1) is 4.83 Å². The first-order chi connectivity index (χ1) is 20.0. The highest BCUT2D eigenvalue weighted by molar-refractivity contribution is 7.89. The van der Waals surface area contributed by atoms with Gasteiger partial charge in [0.05, 0.1) is 10.9 Å². The zero-order valence-electron chi connectivity index (χ0n) is 23.8. The molecule has 5 rings (SSSR count). The summed E-state index contributed by atoms with van der Waals surface area (Å²) in [5.74, 6) is -1.20. The van der Waals surface area contributed by atoms with Gasteiger partial charge in [-0.25, -0.2) is 8.42 Å². The monoisotopic (exact) mass is 587 g/mol. The molecule has 0 radical (unpaired) electrons. The average Bonchev–Trinajstić information content (AvgIpc) is 3.44. The third kappa shape index (κ3) is 5.53. The van der Waals surface area contributed by atoms with Gasteiger partial charge in [0, 0.05) is 47.9 Å². The molecule has 1 aliphatic heterocycles. The minimum atomic E-state index is -4.15. The lowest BCUT2D eigenvalue weighted by Gasteiger charge is -2.33. The number of para-hydroxylation sites is 1.